The van der Waals surface area contributed by atoms with Crippen molar-refractivity contribution >= 4 is 28.0 Å². The molecule has 0 saturated carbocycles. The van der Waals surface area contributed by atoms with Gasteiger partial charge in [-0.2, -0.15) is 21.9 Å². The van der Waals surface area contributed by atoms with E-state index < -0.39 is 6.15 Å². The van der Waals surface area contributed by atoms with Gasteiger partial charge in [0.2, 0.25) is 0 Å². The Morgan fingerprint density at radius 3 is 1.04 bits per heavy atom. The highest BCUT2D eigenvalue weighted by molar-refractivity contribution is 7.19. The van der Waals surface area contributed by atoms with Crippen LogP contribution in [0.15, 0.2) is 115 Å². The average molecular weight is 333 g/mol. The maximum absolute atomic E-state index is 2.29. The maximum Gasteiger partial charge on any atom is 0.108 e. The number of hydrogen-bond acceptors (Lipinski definition) is 0. The van der Waals surface area contributed by atoms with E-state index in [1.54, 1.807) is 0 Å². The molecule has 0 heterocycles. The van der Waals surface area contributed by atoms with Crippen molar-refractivity contribution in [1.29, 1.82) is 0 Å². The van der Waals surface area contributed by atoms with E-state index >= 15 is 0 Å². The Morgan fingerprint density at radius 2 is 0.692 bits per heavy atom. The van der Waals surface area contributed by atoms with Gasteiger partial charge in [0.05, 0.1) is 0 Å². The first kappa shape index (κ1) is 16.4. The van der Waals surface area contributed by atoms with E-state index in [-0.39, 0.29) is 0 Å². The Balaban J connectivity index is 2.12. The van der Waals surface area contributed by atoms with Crippen LogP contribution in [0.1, 0.15) is 5.56 Å². The first-order valence-corrected chi connectivity index (χ1v) is 9.21. The molecule has 4 aromatic carbocycles. The minimum atomic E-state index is -1.23. The first-order valence-electron chi connectivity index (χ1n) is 9.21. The molecule has 0 aromatic heterocycles. The highest BCUT2D eigenvalue weighted by atomic mass is 14.1. The molecule has 4 rings (SSSR count). The van der Waals surface area contributed by atoms with Gasteiger partial charge in [-0.25, -0.2) is 0 Å². The summed E-state index contributed by atoms with van der Waals surface area (Å²) in [5.74, 6) is 0. The van der Waals surface area contributed by atoms with Gasteiger partial charge in [-0.1, -0.05) is 121 Å². The zero-order valence-electron chi connectivity index (χ0n) is 15.0. The SMILES string of the molecule is Cc1ccc([B-](c2ccccc2)(c2ccccc2)c2ccccc2)cc1. The zero-order chi connectivity index (χ0) is 17.8. The van der Waals surface area contributed by atoms with E-state index in [9.17, 15) is 0 Å². The zero-order valence-corrected chi connectivity index (χ0v) is 15.0. The van der Waals surface area contributed by atoms with Crippen molar-refractivity contribution in [2.45, 2.75) is 6.92 Å². The molecule has 1 heteroatoms. The van der Waals surface area contributed by atoms with E-state index in [2.05, 4.69) is 122 Å². The molecular weight excluding hydrogens is 311 g/mol. The molecule has 0 spiro atoms. The molecule has 126 valence electrons. The molecule has 0 bridgehead atoms. The molecule has 0 aliphatic heterocycles. The van der Waals surface area contributed by atoms with Gasteiger partial charge in [0.1, 0.15) is 6.15 Å². The maximum atomic E-state index is 2.29. The molecular formula is C25H22B-. The summed E-state index contributed by atoms with van der Waals surface area (Å²) in [6.07, 6.45) is -1.23. The predicted octanol–water partition coefficient (Wildman–Crippen LogP) is 3.37. The molecule has 4 aromatic rings. The number of hydrogen-bond donors (Lipinski definition) is 0. The highest BCUT2D eigenvalue weighted by Crippen LogP contribution is 2.10. The summed E-state index contributed by atoms with van der Waals surface area (Å²) in [7, 11) is 0. The second-order valence-electron chi connectivity index (χ2n) is 7.01. The molecule has 26 heavy (non-hydrogen) atoms. The fraction of sp³-hybridized carbons (Fsp3) is 0.0400. The summed E-state index contributed by atoms with van der Waals surface area (Å²) in [5.41, 5.74) is 6.66. The van der Waals surface area contributed by atoms with Gasteiger partial charge in [-0.3, -0.25) is 0 Å². The summed E-state index contributed by atoms with van der Waals surface area (Å²) in [5, 5.41) is 0. The lowest BCUT2D eigenvalue weighted by atomic mass is 9.13. The third kappa shape index (κ3) is 2.76. The quantitative estimate of drug-likeness (QED) is 0.502. The van der Waals surface area contributed by atoms with E-state index in [0.29, 0.717) is 0 Å². The molecule has 0 atom stereocenters. The topological polar surface area (TPSA) is 0 Å². The number of rotatable bonds is 4. The highest BCUT2D eigenvalue weighted by Gasteiger charge is 2.31. The smallest absolute Gasteiger partial charge is 0.108 e. The fourth-order valence-electron chi connectivity index (χ4n) is 4.23. The Kier molecular flexibility index (Phi) is 4.45. The molecule has 0 amide bonds. The van der Waals surface area contributed by atoms with Crippen LogP contribution in [-0.2, 0) is 0 Å². The van der Waals surface area contributed by atoms with Crippen LogP contribution in [0.2, 0.25) is 0 Å². The van der Waals surface area contributed by atoms with Crippen LogP contribution in [-0.4, -0.2) is 6.15 Å². The summed E-state index contributed by atoms with van der Waals surface area (Å²) in [6.45, 7) is 2.14. The van der Waals surface area contributed by atoms with Crippen molar-refractivity contribution in [2.75, 3.05) is 0 Å². The van der Waals surface area contributed by atoms with Crippen molar-refractivity contribution in [3.63, 3.8) is 0 Å². The monoisotopic (exact) mass is 333 g/mol. The van der Waals surface area contributed by atoms with Crippen LogP contribution in [0.25, 0.3) is 0 Å². The van der Waals surface area contributed by atoms with Crippen molar-refractivity contribution in [3.05, 3.63) is 121 Å². The van der Waals surface area contributed by atoms with Crippen molar-refractivity contribution in [3.8, 4) is 0 Å². The molecule has 0 unspecified atom stereocenters. The average Bonchev–Trinajstić information content (AvgIpc) is 2.72. The van der Waals surface area contributed by atoms with Crippen LogP contribution in [0.4, 0.5) is 0 Å². The molecule has 0 aliphatic carbocycles. The third-order valence-electron chi connectivity index (χ3n) is 5.48. The Morgan fingerprint density at radius 1 is 0.385 bits per heavy atom. The Labute approximate surface area is 156 Å². The molecule has 0 saturated heterocycles. The van der Waals surface area contributed by atoms with E-state index in [0.717, 1.165) is 0 Å². The van der Waals surface area contributed by atoms with E-state index in [4.69, 9.17) is 0 Å². The van der Waals surface area contributed by atoms with Crippen molar-refractivity contribution in [1.82, 2.24) is 0 Å². The minimum absolute atomic E-state index is 1.23. The van der Waals surface area contributed by atoms with Gasteiger partial charge < -0.3 is 0 Å². The van der Waals surface area contributed by atoms with E-state index in [1.165, 1.54) is 27.4 Å². The van der Waals surface area contributed by atoms with Crippen molar-refractivity contribution in [2.24, 2.45) is 0 Å². The Hall–Kier alpha value is -3.06. The van der Waals surface area contributed by atoms with Gasteiger partial charge in [0, 0.05) is 0 Å². The lowest BCUT2D eigenvalue weighted by Crippen LogP contribution is -2.74. The van der Waals surface area contributed by atoms with Crippen LogP contribution in [0.5, 0.6) is 0 Å². The number of aryl methyl sites for hydroxylation is 1. The predicted molar refractivity (Wildman–Crippen MR) is 115 cm³/mol. The second kappa shape index (κ2) is 7.05. The van der Waals surface area contributed by atoms with Gasteiger partial charge in [-0.15, -0.1) is 0 Å². The lowest BCUT2D eigenvalue weighted by molar-refractivity contribution is 1.49. The van der Waals surface area contributed by atoms with Gasteiger partial charge in [0.25, 0.3) is 0 Å². The summed E-state index contributed by atoms with van der Waals surface area (Å²) in [6, 6.07) is 41.8. The van der Waals surface area contributed by atoms with E-state index in [1.807, 2.05) is 0 Å². The summed E-state index contributed by atoms with van der Waals surface area (Å²) >= 11 is 0. The molecule has 0 radical (unpaired) electrons. The van der Waals surface area contributed by atoms with Crippen LogP contribution in [0, 0.1) is 6.92 Å². The van der Waals surface area contributed by atoms with Gasteiger partial charge >= 0.3 is 0 Å². The molecule has 0 N–H and O–H groups in total. The number of benzene rings is 4. The second-order valence-corrected chi connectivity index (χ2v) is 7.01. The van der Waals surface area contributed by atoms with Gasteiger partial charge in [-0.05, 0) is 6.92 Å². The van der Waals surface area contributed by atoms with Crippen LogP contribution < -0.4 is 21.9 Å². The molecule has 0 nitrogen and oxygen atoms in total. The first-order chi connectivity index (χ1) is 12.8. The van der Waals surface area contributed by atoms with Crippen LogP contribution in [0.3, 0.4) is 0 Å². The van der Waals surface area contributed by atoms with Crippen LogP contribution >= 0.6 is 0 Å². The third-order valence-corrected chi connectivity index (χ3v) is 5.48. The summed E-state index contributed by atoms with van der Waals surface area (Å²) < 4.78 is 0. The summed E-state index contributed by atoms with van der Waals surface area (Å²) in [4.78, 5) is 0. The minimum Gasteiger partial charge on any atom is -0.195 e. The largest absolute Gasteiger partial charge is 0.195 e. The lowest BCUT2D eigenvalue weighted by Gasteiger charge is -2.44. The molecule has 0 fully saturated rings. The van der Waals surface area contributed by atoms with Crippen molar-refractivity contribution < 1.29 is 0 Å². The van der Waals surface area contributed by atoms with Gasteiger partial charge in [0.15, 0.2) is 0 Å². The fourth-order valence-corrected chi connectivity index (χ4v) is 4.23. The Bertz CT molecular complexity index is 862. The molecule has 0 aliphatic rings. The standard InChI is InChI=1S/C25H22B/c1-21-17-19-25(20-18-21)26(22-11-5-2-6-12-22,23-13-7-3-8-14-23)24-15-9-4-10-16-24/h2-20H,1H3/q-1. The normalized spacial score (nSPS) is 11.3.